The molecule has 0 bridgehead atoms. The van der Waals surface area contributed by atoms with Crippen LogP contribution < -0.4 is 5.32 Å². The number of thiophene rings is 1. The number of hydrogen-bond acceptors (Lipinski definition) is 4. The van der Waals surface area contributed by atoms with Gasteiger partial charge in [-0.3, -0.25) is 0 Å². The first-order valence-corrected chi connectivity index (χ1v) is 8.41. The number of aliphatic hydroxyl groups is 1. The minimum absolute atomic E-state index is 0.604. The van der Waals surface area contributed by atoms with Gasteiger partial charge in [-0.25, -0.2) is 4.98 Å². The molecule has 0 saturated carbocycles. The molecule has 0 aliphatic carbocycles. The Labute approximate surface area is 129 Å². The zero-order chi connectivity index (χ0) is 14.9. The summed E-state index contributed by atoms with van der Waals surface area (Å²) in [6.07, 6.45) is 5.70. The smallest absolute Gasteiger partial charge is 0.150 e. The summed E-state index contributed by atoms with van der Waals surface area (Å²) in [6, 6.07) is 4.35. The van der Waals surface area contributed by atoms with Crippen LogP contribution in [0.1, 0.15) is 25.1 Å². The summed E-state index contributed by atoms with van der Waals surface area (Å²) in [6.45, 7) is 6.63. The normalized spacial score (nSPS) is 22.3. The highest BCUT2D eigenvalue weighted by Gasteiger charge is 2.32. The number of imidazole rings is 1. The molecule has 1 aliphatic heterocycles. The van der Waals surface area contributed by atoms with Crippen LogP contribution in [0.15, 0.2) is 24.5 Å². The number of hydrogen-bond donors (Lipinski definition) is 2. The lowest BCUT2D eigenvalue weighted by molar-refractivity contribution is 0.0436. The SMILES string of the molecule is CC(C)Cc1ccc(-c2nccn2CC2(O)CCNC2)s1. The van der Waals surface area contributed by atoms with Gasteiger partial charge in [-0.1, -0.05) is 13.8 Å². The largest absolute Gasteiger partial charge is 0.387 e. The summed E-state index contributed by atoms with van der Waals surface area (Å²) in [5.41, 5.74) is -0.645. The molecule has 3 heterocycles. The third-order valence-electron chi connectivity index (χ3n) is 3.89. The van der Waals surface area contributed by atoms with Crippen molar-refractivity contribution >= 4 is 11.3 Å². The second-order valence-corrected chi connectivity index (χ2v) is 7.56. The Balaban J connectivity index is 1.80. The summed E-state index contributed by atoms with van der Waals surface area (Å²) in [7, 11) is 0. The first-order valence-electron chi connectivity index (χ1n) is 7.59. The standard InChI is InChI=1S/C16H23N3OS/c1-12(2)9-13-3-4-14(21-13)15-18-7-8-19(15)11-16(20)5-6-17-10-16/h3-4,7-8,12,17,20H,5-6,9-11H2,1-2H3. The van der Waals surface area contributed by atoms with Crippen molar-refractivity contribution in [1.82, 2.24) is 14.9 Å². The maximum Gasteiger partial charge on any atom is 0.150 e. The molecule has 0 radical (unpaired) electrons. The van der Waals surface area contributed by atoms with Crippen molar-refractivity contribution in [3.8, 4) is 10.7 Å². The molecule has 2 aromatic heterocycles. The van der Waals surface area contributed by atoms with E-state index in [9.17, 15) is 5.11 Å². The summed E-state index contributed by atoms with van der Waals surface area (Å²) >= 11 is 1.81. The number of aromatic nitrogens is 2. The summed E-state index contributed by atoms with van der Waals surface area (Å²) in [4.78, 5) is 7.08. The predicted molar refractivity (Wildman–Crippen MR) is 86.5 cm³/mol. The molecule has 4 nitrogen and oxygen atoms in total. The first kappa shape index (κ1) is 14.8. The van der Waals surface area contributed by atoms with E-state index >= 15 is 0 Å². The van der Waals surface area contributed by atoms with Crippen LogP contribution in [0.2, 0.25) is 0 Å². The van der Waals surface area contributed by atoms with Gasteiger partial charge in [-0.15, -0.1) is 11.3 Å². The average Bonchev–Trinajstić information content (AvgIpc) is 3.10. The number of β-amino-alcohol motifs (C(OH)–C–C–N with tert-alkyl or cyclic N) is 1. The monoisotopic (exact) mass is 305 g/mol. The summed E-state index contributed by atoms with van der Waals surface area (Å²) in [5.74, 6) is 1.64. The van der Waals surface area contributed by atoms with Crippen molar-refractivity contribution < 1.29 is 5.11 Å². The van der Waals surface area contributed by atoms with Crippen LogP contribution in [-0.2, 0) is 13.0 Å². The zero-order valence-electron chi connectivity index (χ0n) is 12.7. The fourth-order valence-corrected chi connectivity index (χ4v) is 4.09. The van der Waals surface area contributed by atoms with Crippen molar-refractivity contribution in [1.29, 1.82) is 0 Å². The van der Waals surface area contributed by atoms with E-state index in [-0.39, 0.29) is 0 Å². The molecule has 0 amide bonds. The number of rotatable bonds is 5. The zero-order valence-corrected chi connectivity index (χ0v) is 13.5. The predicted octanol–water partition coefficient (Wildman–Crippen LogP) is 2.53. The van der Waals surface area contributed by atoms with E-state index in [0.29, 0.717) is 19.0 Å². The topological polar surface area (TPSA) is 50.1 Å². The molecule has 5 heteroatoms. The molecule has 0 aromatic carbocycles. The molecule has 114 valence electrons. The van der Waals surface area contributed by atoms with Gasteiger partial charge < -0.3 is 15.0 Å². The molecule has 1 atom stereocenters. The lowest BCUT2D eigenvalue weighted by atomic mass is 10.0. The Morgan fingerprint density at radius 1 is 1.48 bits per heavy atom. The molecule has 0 spiro atoms. The van der Waals surface area contributed by atoms with Crippen LogP contribution in [0.4, 0.5) is 0 Å². The minimum atomic E-state index is -0.645. The highest BCUT2D eigenvalue weighted by Crippen LogP contribution is 2.29. The van der Waals surface area contributed by atoms with Gasteiger partial charge in [0, 0.05) is 23.8 Å². The molecular formula is C16H23N3OS. The van der Waals surface area contributed by atoms with Crippen molar-refractivity contribution in [2.45, 2.75) is 38.8 Å². The molecule has 21 heavy (non-hydrogen) atoms. The molecule has 1 unspecified atom stereocenters. The molecule has 1 aliphatic rings. The Kier molecular flexibility index (Phi) is 4.15. The molecule has 1 saturated heterocycles. The molecule has 1 fully saturated rings. The van der Waals surface area contributed by atoms with Crippen molar-refractivity contribution in [2.75, 3.05) is 13.1 Å². The van der Waals surface area contributed by atoms with Gasteiger partial charge in [0.2, 0.25) is 0 Å². The van der Waals surface area contributed by atoms with Crippen molar-refractivity contribution in [2.24, 2.45) is 5.92 Å². The van der Waals surface area contributed by atoms with Gasteiger partial charge in [0.05, 0.1) is 17.0 Å². The van der Waals surface area contributed by atoms with E-state index in [0.717, 1.165) is 25.2 Å². The highest BCUT2D eigenvalue weighted by molar-refractivity contribution is 7.15. The minimum Gasteiger partial charge on any atom is -0.387 e. The Bertz CT molecular complexity index is 596. The van der Waals surface area contributed by atoms with Gasteiger partial charge in [-0.2, -0.15) is 0 Å². The van der Waals surface area contributed by atoms with Crippen molar-refractivity contribution in [3.63, 3.8) is 0 Å². The quantitative estimate of drug-likeness (QED) is 0.892. The second kappa shape index (κ2) is 5.91. The molecule has 2 aromatic rings. The average molecular weight is 305 g/mol. The van der Waals surface area contributed by atoms with E-state index in [1.165, 1.54) is 9.75 Å². The Hall–Kier alpha value is -1.17. The van der Waals surface area contributed by atoms with E-state index in [4.69, 9.17) is 0 Å². The fourth-order valence-electron chi connectivity index (χ4n) is 2.85. The summed E-state index contributed by atoms with van der Waals surface area (Å²) in [5, 5.41) is 13.8. The van der Waals surface area contributed by atoms with Gasteiger partial charge in [-0.05, 0) is 37.4 Å². The van der Waals surface area contributed by atoms with Gasteiger partial charge in [0.1, 0.15) is 5.82 Å². The lowest BCUT2D eigenvalue weighted by Crippen LogP contribution is -2.36. The lowest BCUT2D eigenvalue weighted by Gasteiger charge is -2.22. The van der Waals surface area contributed by atoms with Crippen LogP contribution in [0.25, 0.3) is 10.7 Å². The first-order chi connectivity index (χ1) is 10.1. The summed E-state index contributed by atoms with van der Waals surface area (Å²) < 4.78 is 2.08. The molecular weight excluding hydrogens is 282 g/mol. The van der Waals surface area contributed by atoms with Crippen LogP contribution >= 0.6 is 11.3 Å². The van der Waals surface area contributed by atoms with Gasteiger partial charge >= 0.3 is 0 Å². The van der Waals surface area contributed by atoms with Crippen LogP contribution in [0.5, 0.6) is 0 Å². The van der Waals surface area contributed by atoms with Crippen LogP contribution in [0, 0.1) is 5.92 Å². The maximum atomic E-state index is 10.6. The van der Waals surface area contributed by atoms with E-state index in [1.54, 1.807) is 0 Å². The van der Waals surface area contributed by atoms with E-state index in [1.807, 2.05) is 23.7 Å². The van der Waals surface area contributed by atoms with Crippen LogP contribution in [-0.4, -0.2) is 33.3 Å². The van der Waals surface area contributed by atoms with Gasteiger partial charge in [0.15, 0.2) is 0 Å². The van der Waals surface area contributed by atoms with E-state index in [2.05, 4.69) is 40.8 Å². The number of nitrogens with zero attached hydrogens (tertiary/aromatic N) is 2. The maximum absolute atomic E-state index is 10.6. The number of nitrogens with one attached hydrogen (secondary N) is 1. The molecule has 2 N–H and O–H groups in total. The van der Waals surface area contributed by atoms with Crippen LogP contribution in [0.3, 0.4) is 0 Å². The Morgan fingerprint density at radius 3 is 3.05 bits per heavy atom. The Morgan fingerprint density at radius 2 is 2.33 bits per heavy atom. The van der Waals surface area contributed by atoms with Gasteiger partial charge in [0.25, 0.3) is 0 Å². The fraction of sp³-hybridized carbons (Fsp3) is 0.562. The van der Waals surface area contributed by atoms with E-state index < -0.39 is 5.60 Å². The highest BCUT2D eigenvalue weighted by atomic mass is 32.1. The van der Waals surface area contributed by atoms with Crippen molar-refractivity contribution in [3.05, 3.63) is 29.4 Å². The third kappa shape index (κ3) is 3.36. The third-order valence-corrected chi connectivity index (χ3v) is 5.00. The second-order valence-electron chi connectivity index (χ2n) is 6.39. The molecule has 3 rings (SSSR count).